The summed E-state index contributed by atoms with van der Waals surface area (Å²) in [6.07, 6.45) is 5.76. The molecular formula is C13H17N. The van der Waals surface area contributed by atoms with E-state index in [1.807, 2.05) is 6.08 Å². The first kappa shape index (κ1) is 9.32. The van der Waals surface area contributed by atoms with Gasteiger partial charge in [-0.3, -0.25) is 0 Å². The molecular weight excluding hydrogens is 170 g/mol. The van der Waals surface area contributed by atoms with Crippen LogP contribution in [0.2, 0.25) is 0 Å². The summed E-state index contributed by atoms with van der Waals surface area (Å²) in [7, 11) is 0. The van der Waals surface area contributed by atoms with Crippen molar-refractivity contribution in [2.24, 2.45) is 0 Å². The Hall–Kier alpha value is -1.24. The second-order valence-corrected chi connectivity index (χ2v) is 3.85. The van der Waals surface area contributed by atoms with E-state index >= 15 is 0 Å². The van der Waals surface area contributed by atoms with E-state index in [2.05, 4.69) is 41.8 Å². The molecule has 1 aromatic carbocycles. The lowest BCUT2D eigenvalue weighted by atomic mass is 10.1. The second kappa shape index (κ2) is 4.32. The maximum atomic E-state index is 3.83. The van der Waals surface area contributed by atoms with Gasteiger partial charge in [0.1, 0.15) is 0 Å². The molecule has 1 aliphatic heterocycles. The first-order valence-electron chi connectivity index (χ1n) is 5.34. The van der Waals surface area contributed by atoms with E-state index in [-0.39, 0.29) is 0 Å². The van der Waals surface area contributed by atoms with Crippen molar-refractivity contribution >= 4 is 5.69 Å². The van der Waals surface area contributed by atoms with E-state index in [1.165, 1.54) is 25.1 Å². The molecule has 1 heterocycles. The number of para-hydroxylation sites is 1. The number of anilines is 1. The van der Waals surface area contributed by atoms with E-state index in [4.69, 9.17) is 0 Å². The monoisotopic (exact) mass is 187 g/mol. The SMILES string of the molecule is C=CCC1CCCN1c1ccccc1. The topological polar surface area (TPSA) is 3.24 Å². The van der Waals surface area contributed by atoms with E-state index in [9.17, 15) is 0 Å². The normalized spacial score (nSPS) is 21.1. The Morgan fingerprint density at radius 1 is 1.36 bits per heavy atom. The molecule has 0 N–H and O–H groups in total. The maximum absolute atomic E-state index is 3.83. The van der Waals surface area contributed by atoms with Gasteiger partial charge >= 0.3 is 0 Å². The van der Waals surface area contributed by atoms with Crippen LogP contribution in [0, 0.1) is 0 Å². The predicted octanol–water partition coefficient (Wildman–Crippen LogP) is 3.23. The van der Waals surface area contributed by atoms with Crippen LogP contribution in [0.1, 0.15) is 19.3 Å². The largest absolute Gasteiger partial charge is 0.368 e. The lowest BCUT2D eigenvalue weighted by Gasteiger charge is -2.25. The summed E-state index contributed by atoms with van der Waals surface area (Å²) in [6, 6.07) is 11.4. The van der Waals surface area contributed by atoms with Crippen molar-refractivity contribution in [1.82, 2.24) is 0 Å². The number of rotatable bonds is 3. The highest BCUT2D eigenvalue weighted by Gasteiger charge is 2.22. The van der Waals surface area contributed by atoms with E-state index < -0.39 is 0 Å². The molecule has 0 aliphatic carbocycles. The quantitative estimate of drug-likeness (QED) is 0.657. The van der Waals surface area contributed by atoms with Gasteiger partial charge in [-0.1, -0.05) is 24.3 Å². The lowest BCUT2D eigenvalue weighted by Crippen LogP contribution is -2.28. The third-order valence-corrected chi connectivity index (χ3v) is 2.90. The zero-order valence-corrected chi connectivity index (χ0v) is 8.52. The van der Waals surface area contributed by atoms with Crippen molar-refractivity contribution in [2.45, 2.75) is 25.3 Å². The van der Waals surface area contributed by atoms with Gasteiger partial charge in [0, 0.05) is 18.3 Å². The summed E-state index contributed by atoms with van der Waals surface area (Å²) in [5.74, 6) is 0. The molecule has 1 unspecified atom stereocenters. The predicted molar refractivity (Wildman–Crippen MR) is 61.6 cm³/mol. The van der Waals surface area contributed by atoms with Crippen LogP contribution in [-0.4, -0.2) is 12.6 Å². The average Bonchev–Trinajstić information content (AvgIpc) is 2.68. The average molecular weight is 187 g/mol. The highest BCUT2D eigenvalue weighted by Crippen LogP contribution is 2.26. The first-order chi connectivity index (χ1) is 6.92. The van der Waals surface area contributed by atoms with Crippen LogP contribution < -0.4 is 4.90 Å². The molecule has 1 aromatic rings. The summed E-state index contributed by atoms with van der Waals surface area (Å²) in [5, 5.41) is 0. The zero-order valence-electron chi connectivity index (χ0n) is 8.52. The number of hydrogen-bond acceptors (Lipinski definition) is 1. The molecule has 1 atom stereocenters. The Morgan fingerprint density at radius 3 is 2.86 bits per heavy atom. The third kappa shape index (κ3) is 1.82. The molecule has 1 saturated heterocycles. The Balaban J connectivity index is 2.13. The number of hydrogen-bond donors (Lipinski definition) is 0. The minimum absolute atomic E-state index is 0.676. The zero-order chi connectivity index (χ0) is 9.80. The lowest BCUT2D eigenvalue weighted by molar-refractivity contribution is 0.678. The second-order valence-electron chi connectivity index (χ2n) is 3.85. The molecule has 1 heteroatoms. The molecule has 74 valence electrons. The number of nitrogens with zero attached hydrogens (tertiary/aromatic N) is 1. The van der Waals surface area contributed by atoms with Crippen LogP contribution in [0.4, 0.5) is 5.69 Å². The maximum Gasteiger partial charge on any atom is 0.0368 e. The highest BCUT2D eigenvalue weighted by molar-refractivity contribution is 5.48. The fourth-order valence-electron chi connectivity index (χ4n) is 2.23. The van der Waals surface area contributed by atoms with E-state index in [0.717, 1.165) is 6.42 Å². The van der Waals surface area contributed by atoms with Gasteiger partial charge in [-0.25, -0.2) is 0 Å². The fraction of sp³-hybridized carbons (Fsp3) is 0.385. The van der Waals surface area contributed by atoms with Crippen LogP contribution in [0.3, 0.4) is 0 Å². The first-order valence-corrected chi connectivity index (χ1v) is 5.34. The highest BCUT2D eigenvalue weighted by atomic mass is 15.2. The van der Waals surface area contributed by atoms with E-state index in [0.29, 0.717) is 6.04 Å². The number of benzene rings is 1. The van der Waals surface area contributed by atoms with Crippen molar-refractivity contribution in [2.75, 3.05) is 11.4 Å². The molecule has 0 radical (unpaired) electrons. The Morgan fingerprint density at radius 2 is 2.14 bits per heavy atom. The molecule has 1 aliphatic rings. The van der Waals surface area contributed by atoms with Crippen LogP contribution in [0.25, 0.3) is 0 Å². The minimum atomic E-state index is 0.676. The minimum Gasteiger partial charge on any atom is -0.368 e. The van der Waals surface area contributed by atoms with Gasteiger partial charge in [-0.2, -0.15) is 0 Å². The van der Waals surface area contributed by atoms with Gasteiger partial charge in [0.05, 0.1) is 0 Å². The standard InChI is InChI=1S/C13H17N/c1-2-7-12-10-6-11-14(12)13-8-4-3-5-9-13/h2-5,8-9,12H,1,6-7,10-11H2. The van der Waals surface area contributed by atoms with Crippen LogP contribution in [-0.2, 0) is 0 Å². The van der Waals surface area contributed by atoms with Gasteiger partial charge < -0.3 is 4.90 Å². The van der Waals surface area contributed by atoms with Crippen LogP contribution >= 0.6 is 0 Å². The van der Waals surface area contributed by atoms with Crippen molar-refractivity contribution in [3.63, 3.8) is 0 Å². The molecule has 0 bridgehead atoms. The smallest absolute Gasteiger partial charge is 0.0368 e. The third-order valence-electron chi connectivity index (χ3n) is 2.90. The summed E-state index contributed by atoms with van der Waals surface area (Å²) in [4.78, 5) is 2.50. The molecule has 14 heavy (non-hydrogen) atoms. The Bertz CT molecular complexity index is 291. The Kier molecular flexibility index (Phi) is 2.87. The van der Waals surface area contributed by atoms with Crippen molar-refractivity contribution < 1.29 is 0 Å². The molecule has 0 aromatic heterocycles. The molecule has 0 saturated carbocycles. The van der Waals surface area contributed by atoms with Crippen molar-refractivity contribution in [1.29, 1.82) is 0 Å². The Labute approximate surface area is 86.1 Å². The van der Waals surface area contributed by atoms with Gasteiger partial charge in [0.25, 0.3) is 0 Å². The summed E-state index contributed by atoms with van der Waals surface area (Å²) >= 11 is 0. The molecule has 0 amide bonds. The summed E-state index contributed by atoms with van der Waals surface area (Å²) < 4.78 is 0. The van der Waals surface area contributed by atoms with Crippen molar-refractivity contribution in [3.05, 3.63) is 43.0 Å². The van der Waals surface area contributed by atoms with E-state index in [1.54, 1.807) is 0 Å². The summed E-state index contributed by atoms with van der Waals surface area (Å²) in [5.41, 5.74) is 1.36. The van der Waals surface area contributed by atoms with Gasteiger partial charge in [0.2, 0.25) is 0 Å². The van der Waals surface area contributed by atoms with Crippen molar-refractivity contribution in [3.8, 4) is 0 Å². The summed E-state index contributed by atoms with van der Waals surface area (Å²) in [6.45, 7) is 5.02. The molecule has 0 spiro atoms. The van der Waals surface area contributed by atoms with Gasteiger partial charge in [-0.15, -0.1) is 6.58 Å². The van der Waals surface area contributed by atoms with Gasteiger partial charge in [-0.05, 0) is 31.4 Å². The molecule has 1 nitrogen and oxygen atoms in total. The van der Waals surface area contributed by atoms with Crippen LogP contribution in [0.15, 0.2) is 43.0 Å². The van der Waals surface area contributed by atoms with Crippen LogP contribution in [0.5, 0.6) is 0 Å². The molecule has 2 rings (SSSR count). The fourth-order valence-corrected chi connectivity index (χ4v) is 2.23. The van der Waals surface area contributed by atoms with Gasteiger partial charge in [0.15, 0.2) is 0 Å². The molecule has 1 fully saturated rings.